The van der Waals surface area contributed by atoms with Crippen LogP contribution in [0.5, 0.6) is 0 Å². The van der Waals surface area contributed by atoms with Gasteiger partial charge in [-0.3, -0.25) is 4.79 Å². The molecule has 1 rings (SSSR count). The standard InChI is InChI=1S/C6H5ClO2S/c7-6-1-5(3-10-6)2-9-4-8/h1,3-4H,2H2. The molecule has 0 aliphatic carbocycles. The number of rotatable bonds is 3. The van der Waals surface area contributed by atoms with Gasteiger partial charge in [0.05, 0.1) is 4.34 Å². The van der Waals surface area contributed by atoms with Crippen molar-refractivity contribution in [2.45, 2.75) is 6.61 Å². The summed E-state index contributed by atoms with van der Waals surface area (Å²) in [6.07, 6.45) is 0. The molecule has 1 aromatic heterocycles. The second kappa shape index (κ2) is 3.58. The molecule has 0 fully saturated rings. The SMILES string of the molecule is O=COCc1csc(Cl)c1. The first-order chi connectivity index (χ1) is 4.83. The Morgan fingerprint density at radius 1 is 1.80 bits per heavy atom. The normalized spacial score (nSPS) is 9.30. The maximum atomic E-state index is 9.73. The van der Waals surface area contributed by atoms with Crippen molar-refractivity contribution in [3.8, 4) is 0 Å². The van der Waals surface area contributed by atoms with Crippen LogP contribution in [0, 0.1) is 0 Å². The van der Waals surface area contributed by atoms with Crippen molar-refractivity contribution in [2.24, 2.45) is 0 Å². The van der Waals surface area contributed by atoms with Gasteiger partial charge in [-0.05, 0) is 11.4 Å². The van der Waals surface area contributed by atoms with E-state index in [1.807, 2.05) is 5.38 Å². The van der Waals surface area contributed by atoms with E-state index in [1.165, 1.54) is 11.3 Å². The summed E-state index contributed by atoms with van der Waals surface area (Å²) in [5.41, 5.74) is 0.933. The lowest BCUT2D eigenvalue weighted by Gasteiger charge is -1.90. The van der Waals surface area contributed by atoms with Crippen LogP contribution < -0.4 is 0 Å². The lowest BCUT2D eigenvalue weighted by Crippen LogP contribution is -1.85. The number of halogens is 1. The second-order valence-electron chi connectivity index (χ2n) is 1.67. The van der Waals surface area contributed by atoms with Crippen molar-refractivity contribution < 1.29 is 9.53 Å². The Balaban J connectivity index is 2.49. The molecule has 54 valence electrons. The molecule has 0 radical (unpaired) electrons. The van der Waals surface area contributed by atoms with E-state index in [-0.39, 0.29) is 0 Å². The van der Waals surface area contributed by atoms with Crippen molar-refractivity contribution in [1.82, 2.24) is 0 Å². The molecule has 0 saturated carbocycles. The molecule has 0 bridgehead atoms. The number of ether oxygens (including phenoxy) is 1. The van der Waals surface area contributed by atoms with E-state index < -0.39 is 0 Å². The fraction of sp³-hybridized carbons (Fsp3) is 0.167. The highest BCUT2D eigenvalue weighted by molar-refractivity contribution is 7.14. The van der Waals surface area contributed by atoms with Gasteiger partial charge in [0, 0.05) is 5.56 Å². The van der Waals surface area contributed by atoms with Crippen LogP contribution in [0.15, 0.2) is 11.4 Å². The molecule has 0 spiro atoms. The van der Waals surface area contributed by atoms with Crippen LogP contribution >= 0.6 is 22.9 Å². The minimum Gasteiger partial charge on any atom is -0.463 e. The van der Waals surface area contributed by atoms with Crippen molar-refractivity contribution in [3.05, 3.63) is 21.3 Å². The Morgan fingerprint density at radius 2 is 2.60 bits per heavy atom. The van der Waals surface area contributed by atoms with E-state index in [4.69, 9.17) is 11.6 Å². The largest absolute Gasteiger partial charge is 0.463 e. The van der Waals surface area contributed by atoms with Crippen LogP contribution in [0.25, 0.3) is 0 Å². The van der Waals surface area contributed by atoms with Crippen LogP contribution in [0.1, 0.15) is 5.56 Å². The van der Waals surface area contributed by atoms with E-state index >= 15 is 0 Å². The number of hydrogen-bond donors (Lipinski definition) is 0. The maximum Gasteiger partial charge on any atom is 0.293 e. The van der Waals surface area contributed by atoms with Gasteiger partial charge in [0.15, 0.2) is 0 Å². The van der Waals surface area contributed by atoms with Gasteiger partial charge in [-0.1, -0.05) is 11.6 Å². The molecular weight excluding hydrogens is 172 g/mol. The van der Waals surface area contributed by atoms with Gasteiger partial charge in [0.2, 0.25) is 0 Å². The smallest absolute Gasteiger partial charge is 0.293 e. The third-order valence-corrected chi connectivity index (χ3v) is 2.08. The van der Waals surface area contributed by atoms with E-state index in [0.717, 1.165) is 5.56 Å². The molecular formula is C6H5ClO2S. The van der Waals surface area contributed by atoms with Crippen LogP contribution in [0.4, 0.5) is 0 Å². The molecule has 0 atom stereocenters. The van der Waals surface area contributed by atoms with Gasteiger partial charge in [-0.25, -0.2) is 0 Å². The summed E-state index contributed by atoms with van der Waals surface area (Å²) in [6.45, 7) is 0.734. The molecule has 1 heterocycles. The van der Waals surface area contributed by atoms with Gasteiger partial charge in [-0.15, -0.1) is 11.3 Å². The minimum absolute atomic E-state index is 0.312. The summed E-state index contributed by atoms with van der Waals surface area (Å²) in [6, 6.07) is 1.77. The summed E-state index contributed by atoms with van der Waals surface area (Å²) < 4.78 is 5.21. The lowest BCUT2D eigenvalue weighted by molar-refractivity contribution is -0.129. The third kappa shape index (κ3) is 2.01. The number of thiophene rings is 1. The van der Waals surface area contributed by atoms with Crippen LogP contribution in [0.2, 0.25) is 4.34 Å². The molecule has 0 aliphatic heterocycles. The van der Waals surface area contributed by atoms with E-state index in [2.05, 4.69) is 4.74 Å². The number of carbonyl (C=O) groups excluding carboxylic acids is 1. The summed E-state index contributed by atoms with van der Waals surface area (Å²) in [5.74, 6) is 0. The molecule has 10 heavy (non-hydrogen) atoms. The third-order valence-electron chi connectivity index (χ3n) is 0.940. The molecule has 4 heteroatoms. The van der Waals surface area contributed by atoms with Crippen LogP contribution in [-0.2, 0) is 16.1 Å². The van der Waals surface area contributed by atoms with Gasteiger partial charge >= 0.3 is 0 Å². The van der Waals surface area contributed by atoms with Crippen molar-refractivity contribution in [2.75, 3.05) is 0 Å². The van der Waals surface area contributed by atoms with E-state index in [1.54, 1.807) is 6.07 Å². The fourth-order valence-corrected chi connectivity index (χ4v) is 1.44. The lowest BCUT2D eigenvalue weighted by atomic mass is 10.4. The molecule has 0 aromatic carbocycles. The van der Waals surface area contributed by atoms with E-state index in [0.29, 0.717) is 17.4 Å². The topological polar surface area (TPSA) is 26.3 Å². The molecule has 0 amide bonds. The summed E-state index contributed by atoms with van der Waals surface area (Å²) in [5, 5.41) is 1.85. The van der Waals surface area contributed by atoms with Gasteiger partial charge < -0.3 is 4.74 Å². The zero-order chi connectivity index (χ0) is 7.40. The Morgan fingerprint density at radius 3 is 3.10 bits per heavy atom. The van der Waals surface area contributed by atoms with Gasteiger partial charge in [-0.2, -0.15) is 0 Å². The van der Waals surface area contributed by atoms with Crippen LogP contribution in [-0.4, -0.2) is 6.47 Å². The zero-order valence-electron chi connectivity index (χ0n) is 5.04. The average Bonchev–Trinajstić information content (AvgIpc) is 2.31. The molecule has 0 saturated heterocycles. The summed E-state index contributed by atoms with van der Waals surface area (Å²) >= 11 is 7.04. The molecule has 1 aromatic rings. The van der Waals surface area contributed by atoms with Crippen molar-refractivity contribution >= 4 is 29.4 Å². The highest BCUT2D eigenvalue weighted by atomic mass is 35.5. The Kier molecular flexibility index (Phi) is 2.71. The fourth-order valence-electron chi connectivity index (χ4n) is 0.552. The van der Waals surface area contributed by atoms with Crippen molar-refractivity contribution in [1.29, 1.82) is 0 Å². The molecule has 2 nitrogen and oxygen atoms in total. The second-order valence-corrected chi connectivity index (χ2v) is 3.21. The quantitative estimate of drug-likeness (QED) is 0.660. The Labute approximate surface area is 67.4 Å². The summed E-state index contributed by atoms with van der Waals surface area (Å²) in [7, 11) is 0. The highest BCUT2D eigenvalue weighted by Crippen LogP contribution is 2.19. The number of carbonyl (C=O) groups is 1. The molecule has 0 unspecified atom stereocenters. The first-order valence-corrected chi connectivity index (χ1v) is 3.87. The summed E-state index contributed by atoms with van der Waals surface area (Å²) in [4.78, 5) is 9.73. The van der Waals surface area contributed by atoms with Crippen LogP contribution in [0.3, 0.4) is 0 Å². The monoisotopic (exact) mass is 176 g/mol. The van der Waals surface area contributed by atoms with Gasteiger partial charge in [0.25, 0.3) is 6.47 Å². The maximum absolute atomic E-state index is 9.73. The Hall–Kier alpha value is -0.540. The number of hydrogen-bond acceptors (Lipinski definition) is 3. The van der Waals surface area contributed by atoms with Crippen molar-refractivity contribution in [3.63, 3.8) is 0 Å². The predicted molar refractivity (Wildman–Crippen MR) is 40.2 cm³/mol. The molecule has 0 aliphatic rings. The Bertz CT molecular complexity index is 221. The molecule has 0 N–H and O–H groups in total. The highest BCUT2D eigenvalue weighted by Gasteiger charge is 1.95. The zero-order valence-corrected chi connectivity index (χ0v) is 6.61. The first-order valence-electron chi connectivity index (χ1n) is 2.61. The predicted octanol–water partition coefficient (Wildman–Crippen LogP) is 2.07. The van der Waals surface area contributed by atoms with E-state index in [9.17, 15) is 4.79 Å². The first kappa shape index (κ1) is 7.57. The van der Waals surface area contributed by atoms with Gasteiger partial charge in [0.1, 0.15) is 6.61 Å². The average molecular weight is 177 g/mol. The minimum atomic E-state index is 0.312.